The molecule has 1 aromatic carbocycles. The second kappa shape index (κ2) is 6.23. The Morgan fingerprint density at radius 1 is 1.46 bits per heavy atom. The molecule has 3 atom stereocenters. The van der Waals surface area contributed by atoms with Gasteiger partial charge < -0.3 is 14.6 Å². The van der Waals surface area contributed by atoms with Crippen LogP contribution >= 0.6 is 0 Å². The average molecular weight is 350 g/mol. The molecule has 1 aliphatic rings. The number of alkyl halides is 3. The first-order valence-electron chi connectivity index (χ1n) is 7.38. The van der Waals surface area contributed by atoms with E-state index in [1.807, 2.05) is 0 Å². The van der Waals surface area contributed by atoms with E-state index in [1.165, 1.54) is 13.2 Å². The number of hydrogen-bond acceptors (Lipinski definition) is 3. The molecule has 0 amide bonds. The summed E-state index contributed by atoms with van der Waals surface area (Å²) in [5, 5.41) is 9.28. The second-order valence-corrected chi connectivity index (χ2v) is 5.92. The zero-order valence-corrected chi connectivity index (χ0v) is 13.4. The van der Waals surface area contributed by atoms with E-state index in [1.54, 1.807) is 6.92 Å². The molecule has 2 rings (SSSR count). The number of aliphatic carboxylic acids is 1. The van der Waals surface area contributed by atoms with Crippen molar-refractivity contribution in [2.24, 2.45) is 0 Å². The van der Waals surface area contributed by atoms with Crippen molar-refractivity contribution in [2.75, 3.05) is 7.11 Å². The van der Waals surface area contributed by atoms with Crippen molar-refractivity contribution < 1.29 is 36.9 Å². The Morgan fingerprint density at radius 2 is 2.08 bits per heavy atom. The van der Waals surface area contributed by atoms with E-state index < -0.39 is 42.0 Å². The number of ether oxygens (including phenoxy) is 2. The first kappa shape index (κ1) is 18.5. The molecule has 1 fully saturated rings. The Hall–Kier alpha value is -1.83. The van der Waals surface area contributed by atoms with Gasteiger partial charge >= 0.3 is 12.1 Å². The number of rotatable bonds is 4. The normalized spacial score (nSPS) is 27.3. The third kappa shape index (κ3) is 2.94. The summed E-state index contributed by atoms with van der Waals surface area (Å²) in [6.07, 6.45) is -6.75. The molecule has 1 aliphatic heterocycles. The maximum absolute atomic E-state index is 13.9. The molecule has 0 aliphatic carbocycles. The standard InChI is InChI=1S/C16H18F4O4/c1-4-8-11(17)6-5-9(12(8)23-3)10-7-15(2,16(18,19)20)24-13(10)14(21)22/h5-6,10,13H,4,7H2,1-3H3,(H,21,22)/t10?,13-,15?/m1/s1. The van der Waals surface area contributed by atoms with Crippen LogP contribution in [0.15, 0.2) is 12.1 Å². The van der Waals surface area contributed by atoms with Crippen LogP contribution in [0.1, 0.15) is 37.3 Å². The molecule has 134 valence electrons. The molecular formula is C16H18F4O4. The third-order valence-corrected chi connectivity index (χ3v) is 4.40. The van der Waals surface area contributed by atoms with Crippen LogP contribution in [-0.2, 0) is 16.0 Å². The van der Waals surface area contributed by atoms with E-state index in [9.17, 15) is 27.5 Å². The van der Waals surface area contributed by atoms with Crippen molar-refractivity contribution in [1.82, 2.24) is 0 Å². The van der Waals surface area contributed by atoms with Gasteiger partial charge in [-0.3, -0.25) is 0 Å². The monoisotopic (exact) mass is 350 g/mol. The molecule has 8 heteroatoms. The quantitative estimate of drug-likeness (QED) is 0.842. The summed E-state index contributed by atoms with van der Waals surface area (Å²) in [5.74, 6) is -3.08. The summed E-state index contributed by atoms with van der Waals surface area (Å²) in [6, 6.07) is 2.37. The number of halogens is 4. The largest absolute Gasteiger partial charge is 0.496 e. The molecule has 1 aromatic rings. The Balaban J connectivity index is 2.56. The van der Waals surface area contributed by atoms with E-state index in [-0.39, 0.29) is 23.3 Å². The fourth-order valence-corrected chi connectivity index (χ4v) is 3.10. The fourth-order valence-electron chi connectivity index (χ4n) is 3.10. The van der Waals surface area contributed by atoms with Gasteiger partial charge in [0, 0.05) is 17.0 Å². The molecule has 1 heterocycles. The minimum Gasteiger partial charge on any atom is -0.496 e. The molecule has 0 spiro atoms. The lowest BCUT2D eigenvalue weighted by atomic mass is 9.85. The van der Waals surface area contributed by atoms with E-state index in [4.69, 9.17) is 9.47 Å². The summed E-state index contributed by atoms with van der Waals surface area (Å²) in [6.45, 7) is 2.49. The highest BCUT2D eigenvalue weighted by atomic mass is 19.4. The van der Waals surface area contributed by atoms with Gasteiger partial charge in [-0.15, -0.1) is 0 Å². The number of benzene rings is 1. The number of carboxylic acids is 1. The van der Waals surface area contributed by atoms with Crippen LogP contribution in [0.3, 0.4) is 0 Å². The van der Waals surface area contributed by atoms with Crippen LogP contribution in [0.5, 0.6) is 5.75 Å². The van der Waals surface area contributed by atoms with Gasteiger partial charge in [0.2, 0.25) is 0 Å². The number of hydrogen-bond donors (Lipinski definition) is 1. The van der Waals surface area contributed by atoms with Gasteiger partial charge in [0.1, 0.15) is 11.6 Å². The highest BCUT2D eigenvalue weighted by molar-refractivity contribution is 5.75. The van der Waals surface area contributed by atoms with Gasteiger partial charge in [0.25, 0.3) is 0 Å². The molecule has 0 radical (unpaired) electrons. The van der Waals surface area contributed by atoms with Gasteiger partial charge in [-0.1, -0.05) is 13.0 Å². The lowest BCUT2D eigenvalue weighted by Gasteiger charge is -2.26. The van der Waals surface area contributed by atoms with Crippen molar-refractivity contribution in [3.05, 3.63) is 29.1 Å². The zero-order valence-electron chi connectivity index (χ0n) is 13.4. The van der Waals surface area contributed by atoms with E-state index in [0.717, 1.165) is 13.0 Å². The minimum atomic E-state index is -4.73. The van der Waals surface area contributed by atoms with Crippen molar-refractivity contribution >= 4 is 5.97 Å². The van der Waals surface area contributed by atoms with E-state index >= 15 is 0 Å². The SMILES string of the molecule is CCc1c(F)ccc(C2CC(C)(C(F)(F)F)O[C@H]2C(=O)O)c1OC. The number of carbonyl (C=O) groups is 1. The molecule has 1 N–H and O–H groups in total. The molecule has 0 saturated carbocycles. The lowest BCUT2D eigenvalue weighted by molar-refractivity contribution is -0.263. The van der Waals surface area contributed by atoms with Crippen molar-refractivity contribution in [2.45, 2.75) is 50.5 Å². The summed E-state index contributed by atoms with van der Waals surface area (Å²) in [4.78, 5) is 11.4. The molecule has 1 saturated heterocycles. The van der Waals surface area contributed by atoms with Gasteiger partial charge in [-0.2, -0.15) is 13.2 Å². The maximum atomic E-state index is 13.9. The molecule has 0 bridgehead atoms. The van der Waals surface area contributed by atoms with Gasteiger partial charge in [0.05, 0.1) is 7.11 Å². The highest BCUT2D eigenvalue weighted by Crippen LogP contribution is 2.51. The Morgan fingerprint density at radius 3 is 2.54 bits per heavy atom. The molecule has 0 aromatic heterocycles. The summed E-state index contributed by atoms with van der Waals surface area (Å²) in [5.41, 5.74) is -2.19. The fraction of sp³-hybridized carbons (Fsp3) is 0.562. The lowest BCUT2D eigenvalue weighted by Crippen LogP contribution is -2.42. The van der Waals surface area contributed by atoms with E-state index in [0.29, 0.717) is 0 Å². The number of carboxylic acid groups (broad SMARTS) is 1. The van der Waals surface area contributed by atoms with Crippen LogP contribution in [0.2, 0.25) is 0 Å². The van der Waals surface area contributed by atoms with Crippen LogP contribution in [0.25, 0.3) is 0 Å². The molecular weight excluding hydrogens is 332 g/mol. The Kier molecular flexibility index (Phi) is 4.81. The molecule has 2 unspecified atom stereocenters. The first-order chi connectivity index (χ1) is 11.1. The van der Waals surface area contributed by atoms with Gasteiger partial charge in [0.15, 0.2) is 11.7 Å². The van der Waals surface area contributed by atoms with Crippen LogP contribution < -0.4 is 4.74 Å². The second-order valence-electron chi connectivity index (χ2n) is 5.92. The minimum absolute atomic E-state index is 0.0729. The van der Waals surface area contributed by atoms with Crippen LogP contribution in [-0.4, -0.2) is 36.1 Å². The van der Waals surface area contributed by atoms with Crippen molar-refractivity contribution in [1.29, 1.82) is 0 Å². The third-order valence-electron chi connectivity index (χ3n) is 4.40. The van der Waals surface area contributed by atoms with Crippen molar-refractivity contribution in [3.8, 4) is 5.75 Å². The predicted molar refractivity (Wildman–Crippen MR) is 76.7 cm³/mol. The van der Waals surface area contributed by atoms with Gasteiger partial charge in [-0.05, 0) is 25.8 Å². The summed E-state index contributed by atoms with van der Waals surface area (Å²) in [7, 11) is 1.27. The maximum Gasteiger partial charge on any atom is 0.417 e. The average Bonchev–Trinajstić information content (AvgIpc) is 2.86. The highest BCUT2D eigenvalue weighted by Gasteiger charge is 2.61. The number of methoxy groups -OCH3 is 1. The summed E-state index contributed by atoms with van der Waals surface area (Å²) < 4.78 is 63.7. The zero-order chi connectivity index (χ0) is 18.3. The van der Waals surface area contributed by atoms with Crippen LogP contribution in [0.4, 0.5) is 17.6 Å². The Labute approximate surface area is 136 Å². The molecule has 24 heavy (non-hydrogen) atoms. The summed E-state index contributed by atoms with van der Waals surface area (Å²) >= 11 is 0. The van der Waals surface area contributed by atoms with Crippen molar-refractivity contribution in [3.63, 3.8) is 0 Å². The molecule has 4 nitrogen and oxygen atoms in total. The first-order valence-corrected chi connectivity index (χ1v) is 7.38. The van der Waals surface area contributed by atoms with Gasteiger partial charge in [-0.25, -0.2) is 9.18 Å². The smallest absolute Gasteiger partial charge is 0.417 e. The van der Waals surface area contributed by atoms with E-state index in [2.05, 4.69) is 0 Å². The topological polar surface area (TPSA) is 55.8 Å². The Bertz CT molecular complexity index is 644. The van der Waals surface area contributed by atoms with Crippen LogP contribution in [0, 0.1) is 5.82 Å². The predicted octanol–water partition coefficient (Wildman–Crippen LogP) is 3.67.